The van der Waals surface area contributed by atoms with Crippen LogP contribution in [0.15, 0.2) is 18.2 Å². The van der Waals surface area contributed by atoms with Crippen LogP contribution in [0.2, 0.25) is 5.02 Å². The molecule has 1 aromatic carbocycles. The fourth-order valence-corrected chi connectivity index (χ4v) is 2.49. The van der Waals surface area contributed by atoms with Crippen molar-refractivity contribution < 1.29 is 19.1 Å². The van der Waals surface area contributed by atoms with Gasteiger partial charge in [0, 0.05) is 30.1 Å². The summed E-state index contributed by atoms with van der Waals surface area (Å²) in [7, 11) is 3.27. The summed E-state index contributed by atoms with van der Waals surface area (Å²) in [6.45, 7) is 3.37. The van der Waals surface area contributed by atoms with Crippen LogP contribution in [0.3, 0.4) is 0 Å². The second-order valence-electron chi connectivity index (χ2n) is 5.42. The monoisotopic (exact) mass is 350 g/mol. The number of aromatic nitrogens is 1. The maximum Gasteiger partial charge on any atom is 0.342 e. The van der Waals surface area contributed by atoms with E-state index in [9.17, 15) is 9.59 Å². The quantitative estimate of drug-likeness (QED) is 0.509. The van der Waals surface area contributed by atoms with E-state index >= 15 is 0 Å². The van der Waals surface area contributed by atoms with Gasteiger partial charge in [0.05, 0.1) is 17.8 Å². The van der Waals surface area contributed by atoms with Crippen LogP contribution in [0.25, 0.3) is 0 Å². The summed E-state index contributed by atoms with van der Waals surface area (Å²) in [6.07, 6.45) is 0. The maximum atomic E-state index is 12.3. The van der Waals surface area contributed by atoms with Crippen molar-refractivity contribution in [1.29, 1.82) is 0 Å². The molecule has 2 aromatic rings. The van der Waals surface area contributed by atoms with E-state index in [1.165, 1.54) is 19.2 Å². The number of Topliss-reactive ketones (excluding diaryl/α,β-unsaturated/α-hetero) is 1. The minimum atomic E-state index is -0.701. The number of hydrogen-bond donors (Lipinski definition) is 1. The third kappa shape index (κ3) is 3.38. The van der Waals surface area contributed by atoms with Crippen molar-refractivity contribution in [2.75, 3.05) is 19.5 Å². The molecule has 0 atom stereocenters. The summed E-state index contributed by atoms with van der Waals surface area (Å²) in [5, 5.41) is 0.212. The summed E-state index contributed by atoms with van der Waals surface area (Å²) >= 11 is 5.93. The zero-order chi connectivity index (χ0) is 18.0. The first-order chi connectivity index (χ1) is 11.3. The van der Waals surface area contributed by atoms with Crippen molar-refractivity contribution in [3.8, 4) is 5.75 Å². The summed E-state index contributed by atoms with van der Waals surface area (Å²) < 4.78 is 12.1. The number of carbonyl (C=O) groups excluding carboxylic acids is 2. The predicted octanol–water partition coefficient (Wildman–Crippen LogP) is 2.93. The molecule has 0 saturated carbocycles. The first-order valence-corrected chi connectivity index (χ1v) is 7.60. The van der Waals surface area contributed by atoms with Crippen molar-refractivity contribution in [2.24, 2.45) is 7.05 Å². The number of carbonyl (C=O) groups is 2. The van der Waals surface area contributed by atoms with Crippen molar-refractivity contribution in [3.63, 3.8) is 0 Å². The lowest BCUT2D eigenvalue weighted by Gasteiger charge is -2.10. The van der Waals surface area contributed by atoms with Crippen LogP contribution >= 0.6 is 11.6 Å². The first-order valence-electron chi connectivity index (χ1n) is 7.22. The standard InChI is InChI=1S/C17H19ClN2O4/c1-9-5-11(10(2)20(9)3)15(21)8-24-17(22)12-6-13(18)14(19)7-16(12)23-4/h5-7H,8,19H2,1-4H3. The first kappa shape index (κ1) is 17.9. The Labute approximate surface area is 145 Å². The van der Waals surface area contributed by atoms with Crippen LogP contribution in [0.1, 0.15) is 32.1 Å². The normalized spacial score (nSPS) is 10.5. The number of anilines is 1. The lowest BCUT2D eigenvalue weighted by atomic mass is 10.1. The summed E-state index contributed by atoms with van der Waals surface area (Å²) in [5.41, 5.74) is 8.39. The summed E-state index contributed by atoms with van der Waals surface area (Å²) in [6, 6.07) is 4.57. The highest BCUT2D eigenvalue weighted by molar-refractivity contribution is 6.33. The molecule has 0 saturated heterocycles. The molecule has 6 nitrogen and oxygen atoms in total. The molecule has 0 radical (unpaired) electrons. The van der Waals surface area contributed by atoms with E-state index in [-0.39, 0.29) is 34.4 Å². The number of nitrogen functional groups attached to an aromatic ring is 1. The molecule has 0 aliphatic heterocycles. The molecule has 0 bridgehead atoms. The average molecular weight is 351 g/mol. The van der Waals surface area contributed by atoms with Crippen LogP contribution < -0.4 is 10.5 Å². The molecule has 24 heavy (non-hydrogen) atoms. The molecule has 7 heteroatoms. The van der Waals surface area contributed by atoms with Gasteiger partial charge in [-0.2, -0.15) is 0 Å². The molecule has 0 aliphatic carbocycles. The Kier molecular flexibility index (Phi) is 5.19. The highest BCUT2D eigenvalue weighted by Crippen LogP contribution is 2.29. The molecule has 2 rings (SSSR count). The predicted molar refractivity (Wildman–Crippen MR) is 91.9 cm³/mol. The van der Waals surface area contributed by atoms with Crippen molar-refractivity contribution in [2.45, 2.75) is 13.8 Å². The zero-order valence-corrected chi connectivity index (χ0v) is 14.7. The number of halogens is 1. The summed E-state index contributed by atoms with van der Waals surface area (Å²) in [5.74, 6) is -0.737. The third-order valence-corrected chi connectivity index (χ3v) is 4.28. The average Bonchev–Trinajstić information content (AvgIpc) is 2.81. The van der Waals surface area contributed by atoms with E-state index < -0.39 is 5.97 Å². The maximum absolute atomic E-state index is 12.3. The van der Waals surface area contributed by atoms with Crippen molar-refractivity contribution in [1.82, 2.24) is 4.57 Å². The molecule has 128 valence electrons. The van der Waals surface area contributed by atoms with Crippen molar-refractivity contribution >= 4 is 29.0 Å². The van der Waals surface area contributed by atoms with Gasteiger partial charge in [-0.05, 0) is 26.0 Å². The Bertz CT molecular complexity index is 811. The molecule has 0 unspecified atom stereocenters. The number of nitrogens with zero attached hydrogens (tertiary/aromatic N) is 1. The molecule has 2 N–H and O–H groups in total. The number of nitrogens with two attached hydrogens (primary N) is 1. The van der Waals surface area contributed by atoms with E-state index in [0.717, 1.165) is 11.4 Å². The number of aryl methyl sites for hydroxylation is 1. The van der Waals surface area contributed by atoms with Crippen LogP contribution in [0.5, 0.6) is 5.75 Å². The van der Waals surface area contributed by atoms with E-state index in [1.54, 1.807) is 6.07 Å². The fourth-order valence-electron chi connectivity index (χ4n) is 2.32. The van der Waals surface area contributed by atoms with Crippen LogP contribution in [-0.4, -0.2) is 30.0 Å². The van der Waals surface area contributed by atoms with Gasteiger partial charge in [-0.3, -0.25) is 4.79 Å². The number of benzene rings is 1. The minimum absolute atomic E-state index is 0.116. The van der Waals surface area contributed by atoms with Crippen LogP contribution in [-0.2, 0) is 11.8 Å². The molecule has 0 spiro atoms. The molecule has 0 aliphatic rings. The van der Waals surface area contributed by atoms with Gasteiger partial charge in [0.25, 0.3) is 0 Å². The zero-order valence-electron chi connectivity index (χ0n) is 14.0. The molecule has 1 heterocycles. The van der Waals surface area contributed by atoms with Gasteiger partial charge in [-0.15, -0.1) is 0 Å². The minimum Gasteiger partial charge on any atom is -0.496 e. The smallest absolute Gasteiger partial charge is 0.342 e. The fraction of sp³-hybridized carbons (Fsp3) is 0.294. The Hall–Kier alpha value is -2.47. The van der Waals surface area contributed by atoms with Crippen molar-refractivity contribution in [3.05, 3.63) is 45.7 Å². The molecule has 0 amide bonds. The lowest BCUT2D eigenvalue weighted by Crippen LogP contribution is -2.15. The highest BCUT2D eigenvalue weighted by Gasteiger charge is 2.20. The Morgan fingerprint density at radius 3 is 2.42 bits per heavy atom. The number of ether oxygens (including phenoxy) is 2. The van der Waals surface area contributed by atoms with Gasteiger partial charge in [0.1, 0.15) is 11.3 Å². The Balaban J connectivity index is 2.15. The van der Waals surface area contributed by atoms with E-state index in [0.29, 0.717) is 5.56 Å². The SMILES string of the molecule is COc1cc(N)c(Cl)cc1C(=O)OCC(=O)c1cc(C)n(C)c1C. The molecule has 1 aromatic heterocycles. The van der Waals surface area contributed by atoms with E-state index in [2.05, 4.69) is 0 Å². The topological polar surface area (TPSA) is 83.6 Å². The van der Waals surface area contributed by atoms with Gasteiger partial charge in [0.15, 0.2) is 6.61 Å². The second-order valence-corrected chi connectivity index (χ2v) is 5.82. The van der Waals surface area contributed by atoms with E-state index in [4.69, 9.17) is 26.8 Å². The van der Waals surface area contributed by atoms with Gasteiger partial charge >= 0.3 is 5.97 Å². The largest absolute Gasteiger partial charge is 0.496 e. The second kappa shape index (κ2) is 6.97. The van der Waals surface area contributed by atoms with Crippen LogP contribution in [0, 0.1) is 13.8 Å². The summed E-state index contributed by atoms with van der Waals surface area (Å²) in [4.78, 5) is 24.5. The molecular weight excluding hydrogens is 332 g/mol. The number of ketones is 1. The van der Waals surface area contributed by atoms with Gasteiger partial charge < -0.3 is 19.8 Å². The van der Waals surface area contributed by atoms with Gasteiger partial charge in [0.2, 0.25) is 5.78 Å². The highest BCUT2D eigenvalue weighted by atomic mass is 35.5. The number of methoxy groups -OCH3 is 1. The van der Waals surface area contributed by atoms with E-state index in [1.807, 2.05) is 25.5 Å². The Morgan fingerprint density at radius 2 is 1.88 bits per heavy atom. The Morgan fingerprint density at radius 1 is 1.21 bits per heavy atom. The number of hydrogen-bond acceptors (Lipinski definition) is 5. The number of esters is 1. The molecular formula is C17H19ClN2O4. The molecule has 0 fully saturated rings. The third-order valence-electron chi connectivity index (χ3n) is 3.95. The lowest BCUT2D eigenvalue weighted by molar-refractivity contribution is 0.0471. The van der Waals surface area contributed by atoms with Crippen LogP contribution in [0.4, 0.5) is 5.69 Å². The van der Waals surface area contributed by atoms with Gasteiger partial charge in [-0.25, -0.2) is 4.79 Å². The number of rotatable bonds is 5. The van der Waals surface area contributed by atoms with Gasteiger partial charge in [-0.1, -0.05) is 11.6 Å².